The highest BCUT2D eigenvalue weighted by Crippen LogP contribution is 2.24. The van der Waals surface area contributed by atoms with E-state index in [1.165, 1.54) is 0 Å². The lowest BCUT2D eigenvalue weighted by atomic mass is 10.2. The molecule has 0 fully saturated rings. The molecule has 76 valence electrons. The minimum atomic E-state index is -0.0505. The standard InChI is InChI=1S/C10H13BrN2O/c1-3-7(2)13-9(6-12)10-8(11)4-5-14-10/h1,4-5,7,9,13H,6,12H2,2H3. The highest BCUT2D eigenvalue weighted by Gasteiger charge is 2.17. The second-order valence-electron chi connectivity index (χ2n) is 2.98. The molecule has 2 unspecified atom stereocenters. The number of terminal acetylenes is 1. The summed E-state index contributed by atoms with van der Waals surface area (Å²) in [5.41, 5.74) is 5.62. The highest BCUT2D eigenvalue weighted by atomic mass is 79.9. The molecule has 3 nitrogen and oxygen atoms in total. The second-order valence-corrected chi connectivity index (χ2v) is 3.83. The van der Waals surface area contributed by atoms with Crippen LogP contribution in [0.4, 0.5) is 0 Å². The van der Waals surface area contributed by atoms with E-state index in [1.807, 2.05) is 13.0 Å². The van der Waals surface area contributed by atoms with E-state index in [-0.39, 0.29) is 12.1 Å². The van der Waals surface area contributed by atoms with Crippen molar-refractivity contribution in [2.24, 2.45) is 5.73 Å². The predicted octanol–water partition coefficient (Wildman–Crippen LogP) is 1.65. The number of furan rings is 1. The summed E-state index contributed by atoms with van der Waals surface area (Å²) < 4.78 is 6.21. The molecule has 1 aromatic rings. The van der Waals surface area contributed by atoms with Crippen LogP contribution in [0.2, 0.25) is 0 Å². The van der Waals surface area contributed by atoms with Gasteiger partial charge in [0.25, 0.3) is 0 Å². The van der Waals surface area contributed by atoms with E-state index in [2.05, 4.69) is 27.2 Å². The van der Waals surface area contributed by atoms with Gasteiger partial charge in [-0.2, -0.15) is 0 Å². The van der Waals surface area contributed by atoms with Gasteiger partial charge in [-0.05, 0) is 28.9 Å². The summed E-state index contributed by atoms with van der Waals surface area (Å²) in [7, 11) is 0. The third-order valence-corrected chi connectivity index (χ3v) is 2.55. The van der Waals surface area contributed by atoms with Gasteiger partial charge in [-0.15, -0.1) is 6.42 Å². The molecule has 3 N–H and O–H groups in total. The summed E-state index contributed by atoms with van der Waals surface area (Å²) >= 11 is 3.38. The molecule has 0 saturated heterocycles. The monoisotopic (exact) mass is 256 g/mol. The topological polar surface area (TPSA) is 51.2 Å². The molecule has 0 amide bonds. The van der Waals surface area contributed by atoms with E-state index in [1.54, 1.807) is 6.26 Å². The molecule has 4 heteroatoms. The van der Waals surface area contributed by atoms with Gasteiger partial charge in [-0.25, -0.2) is 0 Å². The van der Waals surface area contributed by atoms with Gasteiger partial charge >= 0.3 is 0 Å². The van der Waals surface area contributed by atoms with Crippen LogP contribution in [0.25, 0.3) is 0 Å². The third-order valence-electron chi connectivity index (χ3n) is 1.90. The fourth-order valence-corrected chi connectivity index (χ4v) is 1.63. The minimum absolute atomic E-state index is 0.0273. The molecule has 1 rings (SSSR count). The molecule has 0 spiro atoms. The zero-order valence-electron chi connectivity index (χ0n) is 7.96. The van der Waals surface area contributed by atoms with Gasteiger partial charge in [0, 0.05) is 6.54 Å². The first-order chi connectivity index (χ1) is 6.69. The summed E-state index contributed by atoms with van der Waals surface area (Å²) in [6.45, 7) is 2.34. The largest absolute Gasteiger partial charge is 0.466 e. The van der Waals surface area contributed by atoms with E-state index in [0.717, 1.165) is 10.2 Å². The fraction of sp³-hybridized carbons (Fsp3) is 0.400. The molecule has 0 aliphatic heterocycles. The Morgan fingerprint density at radius 1 is 1.79 bits per heavy atom. The van der Waals surface area contributed by atoms with Gasteiger partial charge in [0.2, 0.25) is 0 Å². The second kappa shape index (κ2) is 5.20. The van der Waals surface area contributed by atoms with Crippen LogP contribution >= 0.6 is 15.9 Å². The van der Waals surface area contributed by atoms with Crippen molar-refractivity contribution in [2.45, 2.75) is 19.0 Å². The summed E-state index contributed by atoms with van der Waals surface area (Å²) in [5, 5.41) is 3.17. The van der Waals surface area contributed by atoms with Crippen LogP contribution in [0.5, 0.6) is 0 Å². The molecular weight excluding hydrogens is 244 g/mol. The van der Waals surface area contributed by atoms with E-state index in [0.29, 0.717) is 6.54 Å². The minimum Gasteiger partial charge on any atom is -0.466 e. The van der Waals surface area contributed by atoms with Crippen molar-refractivity contribution in [3.05, 3.63) is 22.6 Å². The number of nitrogens with two attached hydrogens (primary N) is 1. The van der Waals surface area contributed by atoms with Crippen LogP contribution in [0, 0.1) is 12.3 Å². The average Bonchev–Trinajstić information content (AvgIpc) is 2.60. The fourth-order valence-electron chi connectivity index (χ4n) is 1.15. The number of hydrogen-bond acceptors (Lipinski definition) is 3. The molecular formula is C10H13BrN2O. The first-order valence-electron chi connectivity index (χ1n) is 4.34. The van der Waals surface area contributed by atoms with Gasteiger partial charge in [-0.1, -0.05) is 5.92 Å². The average molecular weight is 257 g/mol. The summed E-state index contributed by atoms with van der Waals surface area (Å²) in [4.78, 5) is 0. The molecule has 0 bridgehead atoms. The Morgan fingerprint density at radius 2 is 2.50 bits per heavy atom. The van der Waals surface area contributed by atoms with Crippen LogP contribution in [0.15, 0.2) is 21.2 Å². The molecule has 1 heterocycles. The van der Waals surface area contributed by atoms with Gasteiger partial charge < -0.3 is 10.2 Å². The smallest absolute Gasteiger partial charge is 0.136 e. The first kappa shape index (κ1) is 11.3. The van der Waals surface area contributed by atoms with Crippen LogP contribution in [0.3, 0.4) is 0 Å². The molecule has 14 heavy (non-hydrogen) atoms. The Kier molecular flexibility index (Phi) is 4.21. The van der Waals surface area contributed by atoms with Crippen molar-refractivity contribution >= 4 is 15.9 Å². The quantitative estimate of drug-likeness (QED) is 0.806. The van der Waals surface area contributed by atoms with Crippen molar-refractivity contribution in [3.63, 3.8) is 0 Å². The van der Waals surface area contributed by atoms with E-state index < -0.39 is 0 Å². The van der Waals surface area contributed by atoms with Gasteiger partial charge in [-0.3, -0.25) is 5.32 Å². The Morgan fingerprint density at radius 3 is 2.93 bits per heavy atom. The lowest BCUT2D eigenvalue weighted by Crippen LogP contribution is -2.34. The number of rotatable bonds is 4. The van der Waals surface area contributed by atoms with E-state index in [9.17, 15) is 0 Å². The Labute approximate surface area is 92.2 Å². The lowest BCUT2D eigenvalue weighted by molar-refractivity contribution is 0.405. The van der Waals surface area contributed by atoms with Crippen LogP contribution in [-0.2, 0) is 0 Å². The van der Waals surface area contributed by atoms with Gasteiger partial charge in [0.05, 0.1) is 22.8 Å². The van der Waals surface area contributed by atoms with Crippen molar-refractivity contribution in [1.29, 1.82) is 0 Å². The predicted molar refractivity (Wildman–Crippen MR) is 59.6 cm³/mol. The third kappa shape index (κ3) is 2.61. The molecule has 0 aliphatic rings. The Balaban J connectivity index is 2.74. The maximum Gasteiger partial charge on any atom is 0.136 e. The molecule has 0 aromatic carbocycles. The van der Waals surface area contributed by atoms with Crippen molar-refractivity contribution in [1.82, 2.24) is 5.32 Å². The lowest BCUT2D eigenvalue weighted by Gasteiger charge is -2.17. The summed E-state index contributed by atoms with van der Waals surface area (Å²) in [5.74, 6) is 3.37. The SMILES string of the molecule is C#CC(C)NC(CN)c1occc1Br. The van der Waals surface area contributed by atoms with Crippen molar-refractivity contribution < 1.29 is 4.42 Å². The maximum absolute atomic E-state index is 5.62. The molecule has 2 atom stereocenters. The van der Waals surface area contributed by atoms with Crippen molar-refractivity contribution in [2.75, 3.05) is 6.54 Å². The van der Waals surface area contributed by atoms with E-state index in [4.69, 9.17) is 16.6 Å². The van der Waals surface area contributed by atoms with Gasteiger partial charge in [0.1, 0.15) is 5.76 Å². The normalized spacial score (nSPS) is 14.7. The van der Waals surface area contributed by atoms with Crippen LogP contribution < -0.4 is 11.1 Å². The van der Waals surface area contributed by atoms with Crippen LogP contribution in [-0.4, -0.2) is 12.6 Å². The first-order valence-corrected chi connectivity index (χ1v) is 5.13. The van der Waals surface area contributed by atoms with Gasteiger partial charge in [0.15, 0.2) is 0 Å². The maximum atomic E-state index is 5.62. The summed E-state index contributed by atoms with van der Waals surface area (Å²) in [6.07, 6.45) is 6.89. The zero-order chi connectivity index (χ0) is 10.6. The molecule has 1 aromatic heterocycles. The Bertz CT molecular complexity index is 329. The van der Waals surface area contributed by atoms with Crippen molar-refractivity contribution in [3.8, 4) is 12.3 Å². The van der Waals surface area contributed by atoms with E-state index >= 15 is 0 Å². The Hall–Kier alpha value is -0.760. The zero-order valence-corrected chi connectivity index (χ0v) is 9.54. The highest BCUT2D eigenvalue weighted by molar-refractivity contribution is 9.10. The number of hydrogen-bond donors (Lipinski definition) is 2. The van der Waals surface area contributed by atoms with Crippen LogP contribution in [0.1, 0.15) is 18.7 Å². The summed E-state index contributed by atoms with van der Waals surface area (Å²) in [6, 6.07) is 1.76. The number of nitrogens with one attached hydrogen (secondary N) is 1. The molecule has 0 radical (unpaired) electrons. The molecule has 0 saturated carbocycles. The molecule has 0 aliphatic carbocycles. The number of halogens is 1.